The van der Waals surface area contributed by atoms with Crippen molar-refractivity contribution >= 4 is 33.2 Å². The maximum atomic E-state index is 12.8. The van der Waals surface area contributed by atoms with Gasteiger partial charge in [-0.05, 0) is 58.0 Å². The Morgan fingerprint density at radius 1 is 1.14 bits per heavy atom. The number of anilines is 1. The van der Waals surface area contributed by atoms with Crippen LogP contribution in [0.4, 0.5) is 5.69 Å². The number of nitrogens with zero attached hydrogens (tertiary/aromatic N) is 2. The fraction of sp³-hybridized carbons (Fsp3) is 0.350. The number of rotatable bonds is 7. The fourth-order valence-corrected chi connectivity index (χ4v) is 4.11. The molecule has 0 aliphatic carbocycles. The number of carbonyl (C=O) groups is 1. The summed E-state index contributed by atoms with van der Waals surface area (Å²) in [7, 11) is -2.22. The van der Waals surface area contributed by atoms with Crippen molar-refractivity contribution in [3.8, 4) is 0 Å². The minimum absolute atomic E-state index is 0.0247. The average Bonchev–Trinajstić information content (AvgIpc) is 2.66. The van der Waals surface area contributed by atoms with Crippen molar-refractivity contribution in [1.82, 2.24) is 9.73 Å². The van der Waals surface area contributed by atoms with Gasteiger partial charge >= 0.3 is 0 Å². The molecule has 28 heavy (non-hydrogen) atoms. The van der Waals surface area contributed by atoms with E-state index in [0.29, 0.717) is 6.54 Å². The van der Waals surface area contributed by atoms with E-state index in [4.69, 9.17) is 11.6 Å². The molecule has 0 saturated carbocycles. The summed E-state index contributed by atoms with van der Waals surface area (Å²) in [6.07, 6.45) is 0. The molecule has 1 N–H and O–H groups in total. The van der Waals surface area contributed by atoms with E-state index in [0.717, 1.165) is 11.3 Å². The van der Waals surface area contributed by atoms with Crippen LogP contribution in [0.3, 0.4) is 0 Å². The lowest BCUT2D eigenvalue weighted by Gasteiger charge is -2.25. The molecule has 2 aromatic carbocycles. The predicted octanol–water partition coefficient (Wildman–Crippen LogP) is 3.85. The first-order valence-electron chi connectivity index (χ1n) is 9.00. The van der Waals surface area contributed by atoms with Crippen LogP contribution in [0.1, 0.15) is 36.7 Å². The smallest absolute Gasteiger partial charge is 0.271 e. The van der Waals surface area contributed by atoms with E-state index < -0.39 is 15.9 Å². The number of hydrogen-bond donors (Lipinski definition) is 1. The lowest BCUT2D eigenvalue weighted by Crippen LogP contribution is -2.42. The van der Waals surface area contributed by atoms with Crippen LogP contribution in [-0.2, 0) is 10.0 Å². The van der Waals surface area contributed by atoms with Gasteiger partial charge in [-0.15, -0.1) is 0 Å². The van der Waals surface area contributed by atoms with Gasteiger partial charge in [0.15, 0.2) is 0 Å². The van der Waals surface area contributed by atoms with Gasteiger partial charge in [-0.1, -0.05) is 29.3 Å². The van der Waals surface area contributed by atoms with E-state index in [9.17, 15) is 13.2 Å². The molecule has 2 aromatic rings. The molecule has 0 unspecified atom stereocenters. The van der Waals surface area contributed by atoms with Crippen LogP contribution in [0.5, 0.6) is 0 Å². The van der Waals surface area contributed by atoms with Crippen LogP contribution in [0.2, 0.25) is 5.02 Å². The lowest BCUT2D eigenvalue weighted by atomic mass is 10.2. The van der Waals surface area contributed by atoms with E-state index in [-0.39, 0.29) is 21.5 Å². The summed E-state index contributed by atoms with van der Waals surface area (Å²) in [5.41, 5.74) is 4.83. The second-order valence-corrected chi connectivity index (χ2v) is 9.18. The van der Waals surface area contributed by atoms with E-state index in [1.54, 1.807) is 18.9 Å². The zero-order valence-electron chi connectivity index (χ0n) is 16.7. The zero-order chi connectivity index (χ0) is 21.1. The Morgan fingerprint density at radius 3 is 2.29 bits per heavy atom. The Morgan fingerprint density at radius 2 is 1.75 bits per heavy atom. The second kappa shape index (κ2) is 8.94. The highest BCUT2D eigenvalue weighted by molar-refractivity contribution is 7.89. The summed E-state index contributed by atoms with van der Waals surface area (Å²) in [6.45, 7) is 7.98. The van der Waals surface area contributed by atoms with Crippen LogP contribution >= 0.6 is 11.6 Å². The third-order valence-electron chi connectivity index (χ3n) is 4.49. The lowest BCUT2D eigenvalue weighted by molar-refractivity contribution is 0.0949. The van der Waals surface area contributed by atoms with Gasteiger partial charge in [0.2, 0.25) is 10.0 Å². The summed E-state index contributed by atoms with van der Waals surface area (Å²) in [6, 6.07) is 11.6. The van der Waals surface area contributed by atoms with Gasteiger partial charge < -0.3 is 0 Å². The summed E-state index contributed by atoms with van der Waals surface area (Å²) in [5, 5.41) is 1.86. The molecule has 8 heteroatoms. The van der Waals surface area contributed by atoms with Gasteiger partial charge in [0.25, 0.3) is 5.91 Å². The third-order valence-corrected chi connectivity index (χ3v) is 6.84. The molecule has 0 saturated heterocycles. The van der Waals surface area contributed by atoms with E-state index >= 15 is 0 Å². The molecule has 0 aliphatic rings. The van der Waals surface area contributed by atoms with Gasteiger partial charge in [0.1, 0.15) is 0 Å². The highest BCUT2D eigenvalue weighted by Crippen LogP contribution is 2.24. The van der Waals surface area contributed by atoms with E-state index in [1.807, 2.05) is 38.1 Å². The SMILES string of the molecule is CCN(NC(=O)c1cc(S(=O)(=O)N(C)C(C)C)ccc1Cl)c1ccc(C)cc1. The van der Waals surface area contributed by atoms with Crippen molar-refractivity contribution in [2.45, 2.75) is 38.6 Å². The Bertz CT molecular complexity index is 944. The number of hydrogen-bond acceptors (Lipinski definition) is 4. The Kier molecular flexibility index (Phi) is 7.09. The summed E-state index contributed by atoms with van der Waals surface area (Å²) in [4.78, 5) is 12.8. The first-order valence-corrected chi connectivity index (χ1v) is 10.8. The molecule has 0 aromatic heterocycles. The minimum Gasteiger partial charge on any atom is -0.286 e. The van der Waals surface area contributed by atoms with Crippen molar-refractivity contribution in [2.75, 3.05) is 18.6 Å². The molecular weight excluding hydrogens is 398 g/mol. The van der Waals surface area contributed by atoms with Crippen molar-refractivity contribution in [1.29, 1.82) is 0 Å². The van der Waals surface area contributed by atoms with E-state index in [1.165, 1.54) is 29.6 Å². The van der Waals surface area contributed by atoms with Crippen molar-refractivity contribution in [3.63, 3.8) is 0 Å². The normalized spacial score (nSPS) is 11.7. The van der Waals surface area contributed by atoms with Gasteiger partial charge in [0.05, 0.1) is 21.2 Å². The fourth-order valence-electron chi connectivity index (χ4n) is 2.52. The Hall–Kier alpha value is -2.09. The molecule has 0 heterocycles. The predicted molar refractivity (Wildman–Crippen MR) is 113 cm³/mol. The third kappa shape index (κ3) is 4.84. The standard InChI is InChI=1S/C20H26ClN3O3S/c1-6-24(16-9-7-15(4)8-10-16)22-20(25)18-13-17(11-12-19(18)21)28(26,27)23(5)14(2)3/h7-14H,6H2,1-5H3,(H,22,25). The Labute approximate surface area is 172 Å². The molecule has 6 nitrogen and oxygen atoms in total. The van der Waals surface area contributed by atoms with Crippen molar-refractivity contribution < 1.29 is 13.2 Å². The molecule has 0 aliphatic heterocycles. The summed E-state index contributed by atoms with van der Waals surface area (Å²) >= 11 is 6.19. The number of sulfonamides is 1. The van der Waals surface area contributed by atoms with Crippen LogP contribution < -0.4 is 10.4 Å². The van der Waals surface area contributed by atoms with Gasteiger partial charge in [0, 0.05) is 19.6 Å². The number of carbonyl (C=O) groups excluding carboxylic acids is 1. The van der Waals surface area contributed by atoms with Crippen LogP contribution in [0.25, 0.3) is 0 Å². The van der Waals surface area contributed by atoms with Gasteiger partial charge in [-0.2, -0.15) is 4.31 Å². The number of aryl methyl sites for hydroxylation is 1. The molecule has 152 valence electrons. The maximum Gasteiger partial charge on any atom is 0.271 e. The molecular formula is C20H26ClN3O3S. The largest absolute Gasteiger partial charge is 0.286 e. The second-order valence-electron chi connectivity index (χ2n) is 6.78. The highest BCUT2D eigenvalue weighted by atomic mass is 35.5. The number of nitrogens with one attached hydrogen (secondary N) is 1. The Balaban J connectivity index is 2.33. The summed E-state index contributed by atoms with van der Waals surface area (Å²) in [5.74, 6) is -0.475. The number of amides is 1. The maximum absolute atomic E-state index is 12.8. The molecule has 0 spiro atoms. The summed E-state index contributed by atoms with van der Waals surface area (Å²) < 4.78 is 26.7. The zero-order valence-corrected chi connectivity index (χ0v) is 18.3. The van der Waals surface area contributed by atoms with Crippen LogP contribution in [-0.4, -0.2) is 38.3 Å². The first-order chi connectivity index (χ1) is 13.1. The van der Waals surface area contributed by atoms with Gasteiger partial charge in [-0.3, -0.25) is 15.2 Å². The number of halogens is 1. The topological polar surface area (TPSA) is 69.7 Å². The molecule has 0 bridgehead atoms. The average molecular weight is 424 g/mol. The van der Waals surface area contributed by atoms with Crippen LogP contribution in [0.15, 0.2) is 47.4 Å². The van der Waals surface area contributed by atoms with E-state index in [2.05, 4.69) is 5.43 Å². The molecule has 0 fully saturated rings. The molecule has 1 amide bonds. The quantitative estimate of drug-likeness (QED) is 0.687. The highest BCUT2D eigenvalue weighted by Gasteiger charge is 2.25. The number of benzene rings is 2. The van der Waals surface area contributed by atoms with Crippen LogP contribution in [0, 0.1) is 6.92 Å². The number of hydrazine groups is 1. The molecule has 2 rings (SSSR count). The van der Waals surface area contributed by atoms with Crippen molar-refractivity contribution in [2.24, 2.45) is 0 Å². The first kappa shape index (κ1) is 22.2. The molecule has 0 atom stereocenters. The van der Waals surface area contributed by atoms with Crippen molar-refractivity contribution in [3.05, 3.63) is 58.6 Å². The molecule has 0 radical (unpaired) electrons. The minimum atomic E-state index is -3.72. The van der Waals surface area contributed by atoms with Gasteiger partial charge in [-0.25, -0.2) is 8.42 Å². The monoisotopic (exact) mass is 423 g/mol.